The van der Waals surface area contributed by atoms with Gasteiger partial charge in [-0.25, -0.2) is 4.98 Å². The number of aliphatic hydroxyl groups excluding tert-OH is 2. The van der Waals surface area contributed by atoms with Crippen LogP contribution in [-0.2, 0) is 4.74 Å². The molecule has 160 valence electrons. The third-order valence-electron chi connectivity index (χ3n) is 5.57. The van der Waals surface area contributed by atoms with Gasteiger partial charge in [-0.3, -0.25) is 4.57 Å². The molecule has 0 radical (unpaired) electrons. The lowest BCUT2D eigenvalue weighted by molar-refractivity contribution is -0.0488. The summed E-state index contributed by atoms with van der Waals surface area (Å²) in [7, 11) is 0. The molecule has 0 amide bonds. The van der Waals surface area contributed by atoms with Gasteiger partial charge in [0.2, 0.25) is 5.95 Å². The minimum absolute atomic E-state index is 0.0589. The Labute approximate surface area is 176 Å². The molecule has 1 saturated carbocycles. The van der Waals surface area contributed by atoms with Gasteiger partial charge in [-0.15, -0.1) is 0 Å². The van der Waals surface area contributed by atoms with Crippen LogP contribution in [0.25, 0.3) is 21.6 Å². The highest BCUT2D eigenvalue weighted by molar-refractivity contribution is 5.88. The van der Waals surface area contributed by atoms with Crippen LogP contribution in [0.3, 0.4) is 0 Å². The maximum atomic E-state index is 10.7. The second-order valence-electron chi connectivity index (χ2n) is 7.60. The van der Waals surface area contributed by atoms with Crippen molar-refractivity contribution in [3.05, 3.63) is 47.1 Å². The maximum Gasteiger partial charge on any atom is 0.224 e. The van der Waals surface area contributed by atoms with Gasteiger partial charge in [0, 0.05) is 16.6 Å². The monoisotopic (exact) mass is 423 g/mol. The van der Waals surface area contributed by atoms with E-state index in [1.807, 2.05) is 30.3 Å². The quantitative estimate of drug-likeness (QED) is 0.305. The molecule has 0 unspecified atom stereocenters. The first-order valence-corrected chi connectivity index (χ1v) is 9.95. The molecule has 4 N–H and O–H groups in total. The highest BCUT2D eigenvalue weighted by Gasteiger charge is 2.45. The molecule has 1 aromatic carbocycles. The van der Waals surface area contributed by atoms with Crippen molar-refractivity contribution in [1.82, 2.24) is 19.5 Å². The molecule has 2 fully saturated rings. The number of aromatic nitrogens is 4. The van der Waals surface area contributed by atoms with Crippen LogP contribution in [0.15, 0.2) is 41.8 Å². The van der Waals surface area contributed by atoms with E-state index in [0.29, 0.717) is 17.0 Å². The number of nitrogens with zero attached hydrogens (tertiary/aromatic N) is 8. The molecular weight excluding hydrogens is 402 g/mol. The Morgan fingerprint density at radius 3 is 2.74 bits per heavy atom. The summed E-state index contributed by atoms with van der Waals surface area (Å²) >= 11 is 0. The molecule has 1 aliphatic heterocycles. The predicted octanol–water partition coefficient (Wildman–Crippen LogP) is 1.64. The average molecular weight is 423 g/mol. The van der Waals surface area contributed by atoms with Crippen molar-refractivity contribution in [2.45, 2.75) is 43.4 Å². The van der Waals surface area contributed by atoms with E-state index in [1.54, 1.807) is 0 Å². The highest BCUT2D eigenvalue weighted by atomic mass is 16.5. The third kappa shape index (κ3) is 3.31. The minimum atomic E-state index is -1.20. The minimum Gasteiger partial charge on any atom is -0.394 e. The summed E-state index contributed by atoms with van der Waals surface area (Å²) in [6, 6.07) is 9.20. The highest BCUT2D eigenvalue weighted by Crippen LogP contribution is 2.41. The van der Waals surface area contributed by atoms with Gasteiger partial charge in [0.1, 0.15) is 6.10 Å². The number of rotatable bonds is 6. The smallest absolute Gasteiger partial charge is 0.224 e. The summed E-state index contributed by atoms with van der Waals surface area (Å²) in [5.74, 6) is 0.636. The lowest BCUT2D eigenvalue weighted by Crippen LogP contribution is -2.31. The summed E-state index contributed by atoms with van der Waals surface area (Å²) in [5, 5.41) is 23.8. The molecule has 4 atom stereocenters. The van der Waals surface area contributed by atoms with Crippen molar-refractivity contribution in [2.24, 2.45) is 5.11 Å². The molecule has 2 aliphatic rings. The molecule has 3 aromatic rings. The number of imidazole rings is 1. The Morgan fingerprint density at radius 2 is 2.06 bits per heavy atom. The van der Waals surface area contributed by atoms with E-state index in [4.69, 9.17) is 16.0 Å². The Hall–Kier alpha value is -3.44. The molecule has 5 rings (SSSR count). The number of nitrogen functional groups attached to an aromatic ring is 1. The van der Waals surface area contributed by atoms with Gasteiger partial charge in [0.25, 0.3) is 0 Å². The van der Waals surface area contributed by atoms with E-state index in [9.17, 15) is 10.2 Å². The first kappa shape index (κ1) is 19.5. The fraction of sp³-hybridized carbons (Fsp3) is 0.421. The Kier molecular flexibility index (Phi) is 4.83. The number of hydrogen-bond acceptors (Lipinski definition) is 9. The molecule has 12 nitrogen and oxygen atoms in total. The molecule has 1 aliphatic carbocycles. The number of aliphatic hydroxyl groups is 2. The normalized spacial score (nSPS) is 25.5. The van der Waals surface area contributed by atoms with Crippen molar-refractivity contribution in [2.75, 3.05) is 17.2 Å². The van der Waals surface area contributed by atoms with Crippen molar-refractivity contribution >= 4 is 28.6 Å². The number of anilines is 3. The molecule has 31 heavy (non-hydrogen) atoms. The molecule has 2 aromatic heterocycles. The van der Waals surface area contributed by atoms with Crippen LogP contribution < -0.4 is 10.6 Å². The Morgan fingerprint density at radius 1 is 1.29 bits per heavy atom. The van der Waals surface area contributed by atoms with Crippen LogP contribution in [0.4, 0.5) is 17.5 Å². The zero-order chi connectivity index (χ0) is 21.5. The average Bonchev–Trinajstić information content (AvgIpc) is 3.45. The molecule has 3 heterocycles. The van der Waals surface area contributed by atoms with E-state index in [0.717, 1.165) is 18.5 Å². The predicted molar refractivity (Wildman–Crippen MR) is 111 cm³/mol. The van der Waals surface area contributed by atoms with Gasteiger partial charge in [-0.05, 0) is 30.5 Å². The summed E-state index contributed by atoms with van der Waals surface area (Å²) in [6.07, 6.45) is 0.539. The van der Waals surface area contributed by atoms with E-state index >= 15 is 0 Å². The third-order valence-corrected chi connectivity index (χ3v) is 5.57. The molecule has 1 saturated heterocycles. The summed E-state index contributed by atoms with van der Waals surface area (Å²) < 4.78 is 7.30. The fourth-order valence-electron chi connectivity index (χ4n) is 4.01. The van der Waals surface area contributed by atoms with Crippen LogP contribution in [0, 0.1) is 0 Å². The van der Waals surface area contributed by atoms with Gasteiger partial charge in [-0.1, -0.05) is 23.3 Å². The number of hydrogen-bond donors (Lipinski definition) is 3. The second-order valence-corrected chi connectivity index (χ2v) is 7.60. The SMILES string of the molecule is [N-]=[N+]=N[C@H]1[C@@H](O)[C@H](n2cnc3c(N(c4ccccc4)C4CC4)nc(N)nc32)O[C@@H]1CO. The zero-order valence-corrected chi connectivity index (χ0v) is 16.4. The Bertz CT molecular complexity index is 1140. The molecular formula is C19H21N9O3. The second kappa shape index (κ2) is 7.67. The number of para-hydroxylation sites is 1. The summed E-state index contributed by atoms with van der Waals surface area (Å²) in [5.41, 5.74) is 16.7. The lowest BCUT2D eigenvalue weighted by Gasteiger charge is -2.24. The molecule has 0 bridgehead atoms. The van der Waals surface area contributed by atoms with E-state index in [1.165, 1.54) is 10.9 Å². The number of nitrogens with two attached hydrogens (primary N) is 1. The van der Waals surface area contributed by atoms with Gasteiger partial charge < -0.3 is 25.6 Å². The van der Waals surface area contributed by atoms with Crippen molar-refractivity contribution in [3.63, 3.8) is 0 Å². The standard InChI is InChI=1S/C19H21N9O3/c20-19-23-16-14(17(24-19)28(11-6-7-11)10-4-2-1-3-5-10)22-9-27(16)18-15(30)13(25-26-21)12(8-29)31-18/h1-5,9,11-13,15,18,29-30H,6-8H2,(H2,20,23,24)/t12-,13-,15-,18-/m1/s1. The van der Waals surface area contributed by atoms with Crippen LogP contribution in [0.2, 0.25) is 0 Å². The summed E-state index contributed by atoms with van der Waals surface area (Å²) in [6.45, 7) is -0.407. The van der Waals surface area contributed by atoms with E-state index in [2.05, 4.69) is 29.9 Å². The zero-order valence-electron chi connectivity index (χ0n) is 16.4. The van der Waals surface area contributed by atoms with Crippen molar-refractivity contribution in [3.8, 4) is 0 Å². The van der Waals surface area contributed by atoms with Crippen LogP contribution in [0.5, 0.6) is 0 Å². The van der Waals surface area contributed by atoms with Gasteiger partial charge in [-0.2, -0.15) is 9.97 Å². The lowest BCUT2D eigenvalue weighted by atomic mass is 10.1. The van der Waals surface area contributed by atoms with Gasteiger partial charge >= 0.3 is 0 Å². The van der Waals surface area contributed by atoms with Gasteiger partial charge in [0.15, 0.2) is 23.2 Å². The number of benzene rings is 1. The first-order valence-electron chi connectivity index (χ1n) is 9.95. The molecule has 12 heteroatoms. The number of ether oxygens (including phenoxy) is 1. The topological polar surface area (TPSA) is 171 Å². The fourth-order valence-corrected chi connectivity index (χ4v) is 4.01. The largest absolute Gasteiger partial charge is 0.394 e. The van der Waals surface area contributed by atoms with Crippen LogP contribution >= 0.6 is 0 Å². The van der Waals surface area contributed by atoms with E-state index < -0.39 is 31.1 Å². The van der Waals surface area contributed by atoms with Gasteiger partial charge in [0.05, 0.1) is 25.1 Å². The van der Waals surface area contributed by atoms with Crippen LogP contribution in [-0.4, -0.2) is 60.6 Å². The first-order chi connectivity index (χ1) is 15.1. The van der Waals surface area contributed by atoms with Crippen molar-refractivity contribution in [1.29, 1.82) is 0 Å². The van der Waals surface area contributed by atoms with E-state index in [-0.39, 0.29) is 12.0 Å². The number of fused-ring (bicyclic) bond motifs is 1. The maximum absolute atomic E-state index is 10.7. The number of azide groups is 1. The van der Waals surface area contributed by atoms with Crippen LogP contribution in [0.1, 0.15) is 19.1 Å². The Balaban J connectivity index is 1.61. The van der Waals surface area contributed by atoms with Crippen molar-refractivity contribution < 1.29 is 14.9 Å². The summed E-state index contributed by atoms with van der Waals surface area (Å²) in [4.78, 5) is 18.2. The molecule has 0 spiro atoms.